The first-order chi connectivity index (χ1) is 21.8. The van der Waals surface area contributed by atoms with Crippen molar-refractivity contribution in [3.8, 4) is 45.8 Å². The molecule has 4 aromatic carbocycles. The van der Waals surface area contributed by atoms with E-state index in [0.717, 1.165) is 11.3 Å². The first-order valence-electron chi connectivity index (χ1n) is 14.1. The number of benzene rings is 4. The summed E-state index contributed by atoms with van der Waals surface area (Å²) >= 11 is 0. The van der Waals surface area contributed by atoms with Gasteiger partial charge in [-0.05, 0) is 23.8 Å². The van der Waals surface area contributed by atoms with Crippen LogP contribution in [0.4, 0.5) is 0 Å². The molecule has 0 bridgehead atoms. The molecule has 0 spiro atoms. The molecule has 3 N–H and O–H groups in total. The number of carbonyl (C=O) groups is 1. The maximum atomic E-state index is 13.4. The van der Waals surface area contributed by atoms with Gasteiger partial charge in [0.25, 0.3) is 0 Å². The lowest BCUT2D eigenvalue weighted by Gasteiger charge is -2.24. The highest BCUT2D eigenvalue weighted by Gasteiger charge is 2.33. The van der Waals surface area contributed by atoms with Crippen LogP contribution in [0.15, 0.2) is 88.1 Å². The van der Waals surface area contributed by atoms with Gasteiger partial charge in [0.1, 0.15) is 22.5 Å². The second kappa shape index (κ2) is 13.3. The monoisotopic (exact) mass is 612 g/mol. The second-order valence-corrected chi connectivity index (χ2v) is 10.2. The molecule has 10 nitrogen and oxygen atoms in total. The number of carbonyl (C=O) groups excluding carboxylic acids is 1. The molecule has 0 fully saturated rings. The molecule has 10 heteroatoms. The summed E-state index contributed by atoms with van der Waals surface area (Å²) in [6.45, 7) is 0.214. The minimum absolute atomic E-state index is 0.117. The fourth-order valence-electron chi connectivity index (χ4n) is 5.24. The van der Waals surface area contributed by atoms with Gasteiger partial charge in [0.2, 0.25) is 5.75 Å². The molecule has 45 heavy (non-hydrogen) atoms. The van der Waals surface area contributed by atoms with E-state index < -0.39 is 34.6 Å². The maximum absolute atomic E-state index is 13.4. The summed E-state index contributed by atoms with van der Waals surface area (Å²) in [4.78, 5) is 26.2. The molecule has 0 radical (unpaired) electrons. The zero-order chi connectivity index (χ0) is 32.1. The van der Waals surface area contributed by atoms with E-state index in [0.29, 0.717) is 23.3 Å². The number of methoxy groups -OCH3 is 3. The van der Waals surface area contributed by atoms with Crippen molar-refractivity contribution < 1.29 is 43.5 Å². The molecule has 0 unspecified atom stereocenters. The molecule has 5 aromatic rings. The summed E-state index contributed by atoms with van der Waals surface area (Å²) < 4.78 is 28.3. The first kappa shape index (κ1) is 30.8. The number of ether oxygens (including phenoxy) is 4. The lowest BCUT2D eigenvalue weighted by Crippen LogP contribution is -2.14. The Morgan fingerprint density at radius 1 is 0.844 bits per heavy atom. The van der Waals surface area contributed by atoms with E-state index >= 15 is 0 Å². The van der Waals surface area contributed by atoms with Gasteiger partial charge >= 0.3 is 5.97 Å². The lowest BCUT2D eigenvalue weighted by atomic mass is 9.85. The van der Waals surface area contributed by atoms with Gasteiger partial charge in [-0.3, -0.25) is 9.59 Å². The van der Waals surface area contributed by atoms with Crippen LogP contribution < -0.4 is 19.6 Å². The number of fused-ring (bicyclic) bond motifs is 1. The van der Waals surface area contributed by atoms with Crippen LogP contribution >= 0.6 is 0 Å². The molecule has 232 valence electrons. The number of hydrogen-bond donors (Lipinski definition) is 3. The Kier molecular flexibility index (Phi) is 9.13. The summed E-state index contributed by atoms with van der Waals surface area (Å²) in [5.41, 5.74) is 0.930. The van der Waals surface area contributed by atoms with Crippen LogP contribution in [0.5, 0.6) is 34.5 Å². The van der Waals surface area contributed by atoms with Crippen LogP contribution in [0, 0.1) is 0 Å². The van der Waals surface area contributed by atoms with Crippen LogP contribution in [0.2, 0.25) is 0 Å². The predicted octanol–water partition coefficient (Wildman–Crippen LogP) is 5.91. The van der Waals surface area contributed by atoms with Crippen molar-refractivity contribution in [1.29, 1.82) is 0 Å². The van der Waals surface area contributed by atoms with E-state index in [9.17, 15) is 24.9 Å². The number of esters is 1. The second-order valence-electron chi connectivity index (χ2n) is 10.2. The number of phenolic OH excluding ortho intramolecular Hbond substituents is 3. The Balaban J connectivity index is 1.69. The number of aromatic hydroxyl groups is 3. The minimum atomic E-state index is -1.09. The van der Waals surface area contributed by atoms with Gasteiger partial charge in [0, 0.05) is 35.1 Å². The summed E-state index contributed by atoms with van der Waals surface area (Å²) in [6, 6.07) is 22.5. The molecule has 5 rings (SSSR count). The van der Waals surface area contributed by atoms with Crippen molar-refractivity contribution in [1.82, 2.24) is 0 Å². The molecule has 0 saturated heterocycles. The zero-order valence-corrected chi connectivity index (χ0v) is 24.9. The molecular formula is C35H32O10. The lowest BCUT2D eigenvalue weighted by molar-refractivity contribution is -0.140. The quantitative estimate of drug-likeness (QED) is 0.122. The Labute approximate surface area is 258 Å². The standard InChI is InChI=1S/C35H32O10/c1-41-22-14-12-20(13-15-22)16-17-44-34-23(10-7-11-26(34)42-2)24(18-28(37)43-3)29-31(38)33(40)32(39)30-25(36)19-27(45-35(29)30)21-8-5-4-6-9-21/h4-15,19,24,38-40H,16-18H2,1-3H3/t24-/m1/s1. The van der Waals surface area contributed by atoms with Crippen LogP contribution in [-0.4, -0.2) is 49.2 Å². The zero-order valence-electron chi connectivity index (χ0n) is 24.9. The molecule has 1 heterocycles. The van der Waals surface area contributed by atoms with Gasteiger partial charge in [-0.15, -0.1) is 0 Å². The van der Waals surface area contributed by atoms with Crippen LogP contribution in [0.1, 0.15) is 29.0 Å². The van der Waals surface area contributed by atoms with Gasteiger partial charge in [0.15, 0.2) is 28.4 Å². The largest absolute Gasteiger partial charge is 0.504 e. The van der Waals surface area contributed by atoms with Crippen molar-refractivity contribution in [2.24, 2.45) is 0 Å². The molecule has 0 aliphatic rings. The summed E-state index contributed by atoms with van der Waals surface area (Å²) in [5, 5.41) is 32.5. The Morgan fingerprint density at radius 3 is 2.24 bits per heavy atom. The first-order valence-corrected chi connectivity index (χ1v) is 14.1. The average Bonchev–Trinajstić information content (AvgIpc) is 3.07. The minimum Gasteiger partial charge on any atom is -0.504 e. The van der Waals surface area contributed by atoms with E-state index in [1.54, 1.807) is 55.6 Å². The van der Waals surface area contributed by atoms with Crippen molar-refractivity contribution in [2.45, 2.75) is 18.8 Å². The van der Waals surface area contributed by atoms with E-state index in [1.165, 1.54) is 20.3 Å². The molecule has 0 saturated carbocycles. The smallest absolute Gasteiger partial charge is 0.306 e. The van der Waals surface area contributed by atoms with E-state index in [2.05, 4.69) is 0 Å². The third-order valence-electron chi connectivity index (χ3n) is 7.54. The van der Waals surface area contributed by atoms with Crippen LogP contribution in [0.3, 0.4) is 0 Å². The highest BCUT2D eigenvalue weighted by atomic mass is 16.5. The highest BCUT2D eigenvalue weighted by molar-refractivity contribution is 5.94. The topological polar surface area (TPSA) is 145 Å². The van der Waals surface area contributed by atoms with Crippen molar-refractivity contribution in [2.75, 3.05) is 27.9 Å². The van der Waals surface area contributed by atoms with Crippen LogP contribution in [0.25, 0.3) is 22.3 Å². The molecular weight excluding hydrogens is 580 g/mol. The number of hydrogen-bond acceptors (Lipinski definition) is 10. The SMILES string of the molecule is COC(=O)C[C@H](c1cccc(OC)c1OCCc1ccc(OC)cc1)c1c(O)c(O)c(O)c2c(=O)cc(-c3ccccc3)oc12. The summed E-state index contributed by atoms with van der Waals surface area (Å²) in [5.74, 6) is -2.81. The fraction of sp³-hybridized carbons (Fsp3) is 0.200. The van der Waals surface area contributed by atoms with Gasteiger partial charge < -0.3 is 38.7 Å². The maximum Gasteiger partial charge on any atom is 0.306 e. The normalized spacial score (nSPS) is 11.6. The average molecular weight is 613 g/mol. The summed E-state index contributed by atoms with van der Waals surface area (Å²) in [6.07, 6.45) is 0.164. The highest BCUT2D eigenvalue weighted by Crippen LogP contribution is 2.51. The molecule has 0 aliphatic carbocycles. The van der Waals surface area contributed by atoms with Gasteiger partial charge in [0.05, 0.1) is 34.4 Å². The van der Waals surface area contributed by atoms with Crippen molar-refractivity contribution in [3.63, 3.8) is 0 Å². The molecule has 0 aliphatic heterocycles. The number of para-hydroxylation sites is 1. The Hall–Kier alpha value is -5.64. The van der Waals surface area contributed by atoms with Gasteiger partial charge in [-0.1, -0.05) is 54.6 Å². The van der Waals surface area contributed by atoms with E-state index in [4.69, 9.17) is 23.4 Å². The number of phenols is 3. The van der Waals surface area contributed by atoms with Crippen molar-refractivity contribution >= 4 is 16.9 Å². The predicted molar refractivity (Wildman–Crippen MR) is 167 cm³/mol. The van der Waals surface area contributed by atoms with Gasteiger partial charge in [-0.25, -0.2) is 0 Å². The third kappa shape index (κ3) is 6.21. The molecule has 1 atom stereocenters. The Bertz CT molecular complexity index is 1880. The third-order valence-corrected chi connectivity index (χ3v) is 7.54. The van der Waals surface area contributed by atoms with Gasteiger partial charge in [-0.2, -0.15) is 0 Å². The summed E-state index contributed by atoms with van der Waals surface area (Å²) in [7, 11) is 4.28. The number of rotatable bonds is 11. The van der Waals surface area contributed by atoms with Crippen molar-refractivity contribution in [3.05, 3.63) is 106 Å². The molecule has 0 amide bonds. The molecule has 1 aromatic heterocycles. The Morgan fingerprint density at radius 2 is 1.58 bits per heavy atom. The van der Waals surface area contributed by atoms with Crippen LogP contribution in [-0.2, 0) is 16.0 Å². The van der Waals surface area contributed by atoms with E-state index in [1.807, 2.05) is 24.3 Å². The fourth-order valence-corrected chi connectivity index (χ4v) is 5.24. The van der Waals surface area contributed by atoms with E-state index in [-0.39, 0.29) is 41.1 Å².